The quantitative estimate of drug-likeness (QED) is 0.429. The van der Waals surface area contributed by atoms with Gasteiger partial charge in [0.2, 0.25) is 0 Å². The minimum atomic E-state index is 0.409. The first-order valence-corrected chi connectivity index (χ1v) is 7.37. The normalized spacial score (nSPS) is 10.4. The Hall–Kier alpha value is -1.63. The summed E-state index contributed by atoms with van der Waals surface area (Å²) >= 11 is 3.47. The summed E-state index contributed by atoms with van der Waals surface area (Å²) in [5, 5.41) is 17.8. The van der Waals surface area contributed by atoms with E-state index in [1.54, 1.807) is 23.1 Å². The van der Waals surface area contributed by atoms with E-state index in [4.69, 9.17) is 11.7 Å². The molecule has 18 heavy (non-hydrogen) atoms. The average Bonchev–Trinajstić information content (AvgIpc) is 2.88. The minimum Gasteiger partial charge on any atom is -0.370 e. The van der Waals surface area contributed by atoms with Gasteiger partial charge in [0.1, 0.15) is 10.8 Å². The van der Waals surface area contributed by atoms with E-state index in [-0.39, 0.29) is 0 Å². The lowest BCUT2D eigenvalue weighted by Crippen LogP contribution is -2.28. The molecule has 0 saturated carbocycles. The third kappa shape index (κ3) is 6.19. The van der Waals surface area contributed by atoms with E-state index in [1.807, 2.05) is 17.6 Å². The van der Waals surface area contributed by atoms with Crippen molar-refractivity contribution in [1.82, 2.24) is 15.6 Å². The first-order valence-electron chi connectivity index (χ1n) is 5.34. The molecule has 0 fully saturated rings. The smallest absolute Gasteiger partial charge is 0.110 e. The highest BCUT2D eigenvalue weighted by Gasteiger charge is 1.97. The Morgan fingerprint density at radius 3 is 3.17 bits per heavy atom. The second kappa shape index (κ2) is 9.41. The molecular formula is C12H14N4S2. The highest BCUT2D eigenvalue weighted by molar-refractivity contribution is 7.98. The molecule has 0 aromatic carbocycles. The van der Waals surface area contributed by atoms with Gasteiger partial charge < -0.3 is 10.6 Å². The Bertz CT molecular complexity index is 440. The zero-order valence-corrected chi connectivity index (χ0v) is 11.5. The zero-order valence-electron chi connectivity index (χ0n) is 9.85. The maximum atomic E-state index is 8.59. The molecule has 0 aliphatic heterocycles. The Morgan fingerprint density at radius 2 is 2.50 bits per heavy atom. The van der Waals surface area contributed by atoms with E-state index >= 15 is 0 Å². The van der Waals surface area contributed by atoms with Crippen molar-refractivity contribution < 1.29 is 0 Å². The standard InChI is InChI=1S/C12H14N4S2/c1-2-5-14-11(3-4-13)15-6-8-17-10-12-16-7-9-18-12/h1,3,7,9,14-15H,5-6,8,10H2. The summed E-state index contributed by atoms with van der Waals surface area (Å²) in [4.78, 5) is 4.21. The number of nitrogens with zero attached hydrogens (tertiary/aromatic N) is 2. The summed E-state index contributed by atoms with van der Waals surface area (Å²) in [6.45, 7) is 1.19. The third-order valence-corrected chi connectivity index (χ3v) is 3.79. The van der Waals surface area contributed by atoms with Gasteiger partial charge in [-0.05, 0) is 0 Å². The number of rotatable bonds is 8. The van der Waals surface area contributed by atoms with Crippen LogP contribution in [0.15, 0.2) is 23.5 Å². The first kappa shape index (κ1) is 14.4. The van der Waals surface area contributed by atoms with Crippen molar-refractivity contribution in [2.45, 2.75) is 5.75 Å². The third-order valence-electron chi connectivity index (χ3n) is 1.86. The van der Waals surface area contributed by atoms with Gasteiger partial charge in [0.05, 0.1) is 18.7 Å². The molecule has 1 rings (SSSR count). The summed E-state index contributed by atoms with van der Waals surface area (Å²) in [7, 11) is 0. The maximum absolute atomic E-state index is 8.59. The van der Waals surface area contributed by atoms with Crippen LogP contribution in [0.2, 0.25) is 0 Å². The summed E-state index contributed by atoms with van der Waals surface area (Å²) in [6, 6.07) is 1.97. The number of thiazole rings is 1. The van der Waals surface area contributed by atoms with Crippen molar-refractivity contribution in [1.29, 1.82) is 5.26 Å². The molecule has 1 aromatic heterocycles. The van der Waals surface area contributed by atoms with Gasteiger partial charge in [-0.25, -0.2) is 4.98 Å². The molecule has 1 heterocycles. The van der Waals surface area contributed by atoms with Crippen molar-refractivity contribution in [2.75, 3.05) is 18.8 Å². The molecule has 0 spiro atoms. The van der Waals surface area contributed by atoms with E-state index in [9.17, 15) is 0 Å². The average molecular weight is 278 g/mol. The van der Waals surface area contributed by atoms with Gasteiger partial charge in [0.15, 0.2) is 0 Å². The number of nitrogens with one attached hydrogen (secondary N) is 2. The van der Waals surface area contributed by atoms with Gasteiger partial charge in [0.25, 0.3) is 0 Å². The molecule has 0 unspecified atom stereocenters. The van der Waals surface area contributed by atoms with Crippen molar-refractivity contribution in [2.24, 2.45) is 0 Å². The highest BCUT2D eigenvalue weighted by Crippen LogP contribution is 2.13. The van der Waals surface area contributed by atoms with Gasteiger partial charge in [-0.15, -0.1) is 17.8 Å². The number of hydrogen-bond acceptors (Lipinski definition) is 6. The van der Waals surface area contributed by atoms with Gasteiger partial charge in [-0.2, -0.15) is 17.0 Å². The van der Waals surface area contributed by atoms with Crippen LogP contribution in [0, 0.1) is 23.7 Å². The summed E-state index contributed by atoms with van der Waals surface area (Å²) in [5.41, 5.74) is 0. The fourth-order valence-corrected chi connectivity index (χ4v) is 2.68. The molecule has 0 amide bonds. The van der Waals surface area contributed by atoms with E-state index in [1.165, 1.54) is 6.08 Å². The second-order valence-electron chi connectivity index (χ2n) is 3.15. The van der Waals surface area contributed by atoms with E-state index in [0.717, 1.165) is 23.1 Å². The number of terminal acetylenes is 1. The van der Waals surface area contributed by atoms with Crippen LogP contribution in [0.4, 0.5) is 0 Å². The van der Waals surface area contributed by atoms with Crippen molar-refractivity contribution in [3.8, 4) is 18.4 Å². The molecule has 4 nitrogen and oxygen atoms in total. The lowest BCUT2D eigenvalue weighted by molar-refractivity contribution is 0.749. The van der Waals surface area contributed by atoms with Crippen LogP contribution in [-0.4, -0.2) is 23.8 Å². The minimum absolute atomic E-state index is 0.409. The summed E-state index contributed by atoms with van der Waals surface area (Å²) < 4.78 is 0. The van der Waals surface area contributed by atoms with Gasteiger partial charge >= 0.3 is 0 Å². The van der Waals surface area contributed by atoms with Crippen molar-refractivity contribution >= 4 is 23.1 Å². The van der Waals surface area contributed by atoms with Gasteiger partial charge in [-0.1, -0.05) is 5.92 Å². The lowest BCUT2D eigenvalue weighted by atomic mass is 10.5. The van der Waals surface area contributed by atoms with Crippen LogP contribution >= 0.6 is 23.1 Å². The van der Waals surface area contributed by atoms with Crippen LogP contribution in [0.5, 0.6) is 0 Å². The monoisotopic (exact) mass is 278 g/mol. The highest BCUT2D eigenvalue weighted by atomic mass is 32.2. The van der Waals surface area contributed by atoms with Crippen LogP contribution in [0.1, 0.15) is 5.01 Å². The predicted molar refractivity (Wildman–Crippen MR) is 76.8 cm³/mol. The topological polar surface area (TPSA) is 60.7 Å². The van der Waals surface area contributed by atoms with E-state index in [2.05, 4.69) is 21.5 Å². The molecular weight excluding hydrogens is 264 g/mol. The van der Waals surface area contributed by atoms with Crippen LogP contribution in [-0.2, 0) is 5.75 Å². The lowest BCUT2D eigenvalue weighted by Gasteiger charge is -2.09. The molecule has 0 aliphatic rings. The Balaban J connectivity index is 2.13. The van der Waals surface area contributed by atoms with E-state index < -0.39 is 0 Å². The van der Waals surface area contributed by atoms with Crippen LogP contribution < -0.4 is 10.6 Å². The van der Waals surface area contributed by atoms with Crippen molar-refractivity contribution in [3.63, 3.8) is 0 Å². The molecule has 6 heteroatoms. The fourth-order valence-electron chi connectivity index (χ4n) is 1.12. The largest absolute Gasteiger partial charge is 0.370 e. The second-order valence-corrected chi connectivity index (χ2v) is 5.23. The Morgan fingerprint density at radius 1 is 1.61 bits per heavy atom. The number of hydrogen-bond donors (Lipinski definition) is 2. The number of allylic oxidation sites excluding steroid dienone is 1. The molecule has 2 N–H and O–H groups in total. The molecule has 0 saturated heterocycles. The molecule has 0 aliphatic carbocycles. The van der Waals surface area contributed by atoms with E-state index in [0.29, 0.717) is 12.4 Å². The van der Waals surface area contributed by atoms with Gasteiger partial charge in [-0.3, -0.25) is 0 Å². The molecule has 0 atom stereocenters. The zero-order chi connectivity index (χ0) is 13.1. The Kier molecular flexibility index (Phi) is 7.54. The van der Waals surface area contributed by atoms with Crippen LogP contribution in [0.25, 0.3) is 0 Å². The molecule has 0 bridgehead atoms. The molecule has 1 aromatic rings. The Labute approximate surface area is 116 Å². The van der Waals surface area contributed by atoms with Crippen LogP contribution in [0.3, 0.4) is 0 Å². The van der Waals surface area contributed by atoms with Gasteiger partial charge in [0, 0.05) is 29.6 Å². The maximum Gasteiger partial charge on any atom is 0.110 e. The fraction of sp³-hybridized carbons (Fsp3) is 0.333. The SMILES string of the molecule is C#CCNC(=CC#N)NCCSCc1nccs1. The predicted octanol–water partition coefficient (Wildman–Crippen LogP) is 1.55. The molecule has 94 valence electrons. The number of thioether (sulfide) groups is 1. The van der Waals surface area contributed by atoms with Crippen molar-refractivity contribution in [3.05, 3.63) is 28.5 Å². The molecule has 0 radical (unpaired) electrons. The number of aromatic nitrogens is 1. The number of nitriles is 1. The first-order chi connectivity index (χ1) is 8.86. The summed E-state index contributed by atoms with van der Waals surface area (Å²) in [5.74, 6) is 5.00. The summed E-state index contributed by atoms with van der Waals surface area (Å²) in [6.07, 6.45) is 8.38.